The predicted molar refractivity (Wildman–Crippen MR) is 44.6 cm³/mol. The maximum absolute atomic E-state index is 12.2. The fourth-order valence-electron chi connectivity index (χ4n) is 0.875. The number of alkyl halides is 2. The average molecular weight is 189 g/mol. The lowest BCUT2D eigenvalue weighted by molar-refractivity contribution is 0.151. The van der Waals surface area contributed by atoms with Crippen molar-refractivity contribution in [2.24, 2.45) is 0 Å². The van der Waals surface area contributed by atoms with Crippen LogP contribution < -0.4 is 16.2 Å². The summed E-state index contributed by atoms with van der Waals surface area (Å²) in [5.74, 6) is 0.0573. The topological polar surface area (TPSA) is 74.2 Å². The van der Waals surface area contributed by atoms with E-state index in [1.807, 2.05) is 0 Å². The molecule has 0 fully saturated rings. The van der Waals surface area contributed by atoms with Crippen molar-refractivity contribution in [1.82, 2.24) is 4.98 Å². The molecule has 0 aliphatic heterocycles. The molecule has 1 rings (SSSR count). The Balaban J connectivity index is 3.23. The second kappa shape index (κ2) is 3.42. The van der Waals surface area contributed by atoms with Gasteiger partial charge < -0.3 is 16.2 Å². The largest absolute Gasteiger partial charge is 0.479 e. The Morgan fingerprint density at radius 2 is 2.00 bits per heavy atom. The van der Waals surface area contributed by atoms with E-state index < -0.39 is 6.43 Å². The van der Waals surface area contributed by atoms with E-state index in [9.17, 15) is 8.78 Å². The highest BCUT2D eigenvalue weighted by Gasteiger charge is 2.16. The third kappa shape index (κ3) is 1.61. The first-order valence-corrected chi connectivity index (χ1v) is 3.44. The average Bonchev–Trinajstić information content (AvgIpc) is 2.09. The number of anilines is 2. The van der Waals surface area contributed by atoms with E-state index in [4.69, 9.17) is 16.2 Å². The van der Waals surface area contributed by atoms with Crippen LogP contribution in [0.5, 0.6) is 5.88 Å². The normalized spacial score (nSPS) is 10.5. The maximum Gasteiger partial charge on any atom is 0.267 e. The van der Waals surface area contributed by atoms with Gasteiger partial charge in [-0.1, -0.05) is 0 Å². The van der Waals surface area contributed by atoms with Gasteiger partial charge in [-0.2, -0.15) is 0 Å². The van der Waals surface area contributed by atoms with Crippen LogP contribution >= 0.6 is 0 Å². The summed E-state index contributed by atoms with van der Waals surface area (Å²) in [7, 11) is 1.33. The fraction of sp³-hybridized carbons (Fsp3) is 0.286. The van der Waals surface area contributed by atoms with Gasteiger partial charge in [0.25, 0.3) is 6.43 Å². The molecule has 72 valence electrons. The van der Waals surface area contributed by atoms with Crippen molar-refractivity contribution >= 4 is 11.4 Å². The Morgan fingerprint density at radius 3 is 2.46 bits per heavy atom. The number of nitrogen functional groups attached to an aromatic ring is 2. The molecular formula is C7H9F2N3O. The van der Waals surface area contributed by atoms with Crippen LogP contribution in [0.15, 0.2) is 6.20 Å². The van der Waals surface area contributed by atoms with E-state index in [-0.39, 0.29) is 22.8 Å². The van der Waals surface area contributed by atoms with Crippen molar-refractivity contribution in [2.45, 2.75) is 6.43 Å². The predicted octanol–water partition coefficient (Wildman–Crippen LogP) is 1.19. The summed E-state index contributed by atoms with van der Waals surface area (Å²) < 4.78 is 29.2. The first kappa shape index (κ1) is 9.50. The summed E-state index contributed by atoms with van der Waals surface area (Å²) in [6, 6.07) is 0. The quantitative estimate of drug-likeness (QED) is 0.732. The van der Waals surface area contributed by atoms with Gasteiger partial charge in [-0.15, -0.1) is 0 Å². The summed E-state index contributed by atoms with van der Waals surface area (Å²) in [5.41, 5.74) is 10.1. The van der Waals surface area contributed by atoms with Crippen LogP contribution in [0, 0.1) is 0 Å². The lowest BCUT2D eigenvalue weighted by Crippen LogP contribution is -2.04. The number of ether oxygens (including phenoxy) is 1. The molecule has 0 saturated heterocycles. The second-order valence-corrected chi connectivity index (χ2v) is 2.35. The van der Waals surface area contributed by atoms with Crippen molar-refractivity contribution in [3.63, 3.8) is 0 Å². The first-order valence-electron chi connectivity index (χ1n) is 3.44. The van der Waals surface area contributed by atoms with Gasteiger partial charge >= 0.3 is 0 Å². The maximum atomic E-state index is 12.2. The van der Waals surface area contributed by atoms with Gasteiger partial charge in [0.2, 0.25) is 5.88 Å². The lowest BCUT2D eigenvalue weighted by atomic mass is 10.2. The van der Waals surface area contributed by atoms with Gasteiger partial charge in [0.1, 0.15) is 5.69 Å². The van der Waals surface area contributed by atoms with E-state index in [1.54, 1.807) is 0 Å². The SMILES string of the molecule is COc1ncc(C(F)F)c(N)c1N. The zero-order valence-corrected chi connectivity index (χ0v) is 6.92. The molecule has 6 heteroatoms. The Labute approximate surface area is 73.5 Å². The highest BCUT2D eigenvalue weighted by atomic mass is 19.3. The molecule has 1 heterocycles. The van der Waals surface area contributed by atoms with E-state index in [1.165, 1.54) is 7.11 Å². The van der Waals surface area contributed by atoms with Crippen LogP contribution in [0.4, 0.5) is 20.2 Å². The summed E-state index contributed by atoms with van der Waals surface area (Å²) in [4.78, 5) is 3.57. The molecule has 0 aromatic carbocycles. The summed E-state index contributed by atoms with van der Waals surface area (Å²) in [6.07, 6.45) is -1.73. The molecule has 0 spiro atoms. The molecule has 4 N–H and O–H groups in total. The molecular weight excluding hydrogens is 180 g/mol. The van der Waals surface area contributed by atoms with Gasteiger partial charge in [-0.3, -0.25) is 0 Å². The third-order valence-corrected chi connectivity index (χ3v) is 1.58. The molecule has 4 nitrogen and oxygen atoms in total. The van der Waals surface area contributed by atoms with E-state index in [0.717, 1.165) is 6.20 Å². The second-order valence-electron chi connectivity index (χ2n) is 2.35. The van der Waals surface area contributed by atoms with Crippen molar-refractivity contribution in [3.05, 3.63) is 11.8 Å². The van der Waals surface area contributed by atoms with Crippen molar-refractivity contribution in [1.29, 1.82) is 0 Å². The number of nitrogens with zero attached hydrogens (tertiary/aromatic N) is 1. The fourth-order valence-corrected chi connectivity index (χ4v) is 0.875. The number of nitrogens with two attached hydrogens (primary N) is 2. The van der Waals surface area contributed by atoms with E-state index >= 15 is 0 Å². The number of hydrogen-bond donors (Lipinski definition) is 2. The van der Waals surface area contributed by atoms with Gasteiger partial charge in [0.15, 0.2) is 0 Å². The van der Waals surface area contributed by atoms with Crippen LogP contribution in [-0.2, 0) is 0 Å². The van der Waals surface area contributed by atoms with Crippen LogP contribution in [0.2, 0.25) is 0 Å². The molecule has 1 aromatic rings. The zero-order valence-electron chi connectivity index (χ0n) is 6.92. The third-order valence-electron chi connectivity index (χ3n) is 1.58. The van der Waals surface area contributed by atoms with Gasteiger partial charge in [-0.05, 0) is 0 Å². The number of halogens is 2. The number of pyridine rings is 1. The Hall–Kier alpha value is -1.59. The smallest absolute Gasteiger partial charge is 0.267 e. The monoisotopic (exact) mass is 189 g/mol. The summed E-state index contributed by atoms with van der Waals surface area (Å²) in [5, 5.41) is 0. The molecule has 0 saturated carbocycles. The van der Waals surface area contributed by atoms with Crippen LogP contribution in [-0.4, -0.2) is 12.1 Å². The molecule has 0 aliphatic carbocycles. The van der Waals surface area contributed by atoms with E-state index in [2.05, 4.69) is 4.98 Å². The Bertz CT molecular complexity index is 317. The molecule has 0 aliphatic rings. The van der Waals surface area contributed by atoms with Gasteiger partial charge in [-0.25, -0.2) is 13.8 Å². The van der Waals surface area contributed by atoms with Crippen LogP contribution in [0.3, 0.4) is 0 Å². The highest BCUT2D eigenvalue weighted by molar-refractivity contribution is 5.71. The first-order chi connectivity index (χ1) is 6.07. The molecule has 0 atom stereocenters. The molecule has 0 unspecified atom stereocenters. The zero-order chi connectivity index (χ0) is 10.0. The standard InChI is InChI=1S/C7H9F2N3O/c1-13-7-5(11)4(10)3(2-12-7)6(8)9/h2,6H,11H2,1H3,(H2,10,12). The number of methoxy groups -OCH3 is 1. The highest BCUT2D eigenvalue weighted by Crippen LogP contribution is 2.33. The van der Waals surface area contributed by atoms with E-state index in [0.29, 0.717) is 0 Å². The number of aromatic nitrogens is 1. The number of rotatable bonds is 2. The van der Waals surface area contributed by atoms with Crippen LogP contribution in [0.1, 0.15) is 12.0 Å². The summed E-state index contributed by atoms with van der Waals surface area (Å²) >= 11 is 0. The molecule has 1 aromatic heterocycles. The Kier molecular flexibility index (Phi) is 2.50. The lowest BCUT2D eigenvalue weighted by Gasteiger charge is -2.09. The molecule has 0 amide bonds. The van der Waals surface area contributed by atoms with Crippen molar-refractivity contribution in [3.8, 4) is 5.88 Å². The molecule has 0 radical (unpaired) electrons. The van der Waals surface area contributed by atoms with Gasteiger partial charge in [0.05, 0.1) is 18.4 Å². The minimum atomic E-state index is -2.68. The minimum Gasteiger partial charge on any atom is -0.479 e. The minimum absolute atomic E-state index is 0.0553. The molecule has 13 heavy (non-hydrogen) atoms. The van der Waals surface area contributed by atoms with Gasteiger partial charge in [0, 0.05) is 6.20 Å². The van der Waals surface area contributed by atoms with Crippen LogP contribution in [0.25, 0.3) is 0 Å². The Morgan fingerprint density at radius 1 is 1.38 bits per heavy atom. The molecule has 0 bridgehead atoms. The summed E-state index contributed by atoms with van der Waals surface area (Å²) in [6.45, 7) is 0. The number of hydrogen-bond acceptors (Lipinski definition) is 4. The van der Waals surface area contributed by atoms with Crippen molar-refractivity contribution in [2.75, 3.05) is 18.6 Å². The van der Waals surface area contributed by atoms with Crippen molar-refractivity contribution < 1.29 is 13.5 Å².